The second-order valence-corrected chi connectivity index (χ2v) is 12.1. The Morgan fingerprint density at radius 2 is 1.95 bits per heavy atom. The quantitative estimate of drug-likeness (QED) is 0.335. The first-order valence-corrected chi connectivity index (χ1v) is 14.6. The number of rotatable bonds is 6. The van der Waals surface area contributed by atoms with E-state index >= 15 is 0 Å². The van der Waals surface area contributed by atoms with E-state index in [0.717, 1.165) is 18.4 Å². The number of ether oxygens (including phenoxy) is 1. The van der Waals surface area contributed by atoms with Crippen molar-refractivity contribution in [3.05, 3.63) is 79.2 Å². The van der Waals surface area contributed by atoms with Gasteiger partial charge in [0.25, 0.3) is 17.9 Å². The first-order valence-electron chi connectivity index (χ1n) is 12.5. The molecule has 2 atom stereocenters. The summed E-state index contributed by atoms with van der Waals surface area (Å²) in [5.41, 5.74) is 4.36. The molecule has 1 saturated heterocycles. The number of fused-ring (bicyclic) bond motifs is 3. The van der Waals surface area contributed by atoms with Gasteiger partial charge in [-0.05, 0) is 61.2 Å². The van der Waals surface area contributed by atoms with Crippen LogP contribution in [0.5, 0.6) is 0 Å². The molecule has 2 aliphatic heterocycles. The Morgan fingerprint density at radius 3 is 2.68 bits per heavy atom. The molecule has 2 fully saturated rings. The van der Waals surface area contributed by atoms with Gasteiger partial charge in [0.15, 0.2) is 6.73 Å². The molecule has 3 aliphatic rings. The lowest BCUT2D eigenvalue weighted by atomic mass is 9.96. The van der Waals surface area contributed by atoms with Crippen molar-refractivity contribution < 1.29 is 14.3 Å². The van der Waals surface area contributed by atoms with Crippen molar-refractivity contribution in [2.75, 3.05) is 11.4 Å². The third-order valence-electron chi connectivity index (χ3n) is 7.39. The molecular weight excluding hydrogens is 539 g/mol. The summed E-state index contributed by atoms with van der Waals surface area (Å²) in [7, 11) is 0. The Hall–Kier alpha value is -3.21. The number of hydrogen-bond acceptors (Lipinski definition) is 8. The van der Waals surface area contributed by atoms with Crippen molar-refractivity contribution in [1.29, 1.82) is 0 Å². The summed E-state index contributed by atoms with van der Waals surface area (Å²) in [6.45, 7) is 2.33. The monoisotopic (exact) mass is 563 g/mol. The minimum Gasteiger partial charge on any atom is -0.446 e. The lowest BCUT2D eigenvalue weighted by Gasteiger charge is -2.27. The molecule has 1 saturated carbocycles. The summed E-state index contributed by atoms with van der Waals surface area (Å²) >= 11 is 7.75. The number of benzene rings is 2. The van der Waals surface area contributed by atoms with Crippen LogP contribution in [0.15, 0.2) is 53.3 Å². The molecule has 2 aromatic carbocycles. The van der Waals surface area contributed by atoms with E-state index in [-0.39, 0.29) is 18.2 Å². The average molecular weight is 564 g/mol. The van der Waals surface area contributed by atoms with Crippen LogP contribution in [-0.4, -0.2) is 38.8 Å². The predicted molar refractivity (Wildman–Crippen MR) is 155 cm³/mol. The molecule has 194 valence electrons. The number of amides is 1. The predicted octanol–water partition coefficient (Wildman–Crippen LogP) is 3.65. The highest BCUT2D eigenvalue weighted by Gasteiger charge is 2.42. The van der Waals surface area contributed by atoms with Crippen LogP contribution in [0.2, 0.25) is 0 Å². The zero-order valence-corrected chi connectivity index (χ0v) is 23.1. The van der Waals surface area contributed by atoms with Crippen molar-refractivity contribution in [1.82, 2.24) is 9.47 Å². The van der Waals surface area contributed by atoms with Gasteiger partial charge in [0, 0.05) is 29.9 Å². The van der Waals surface area contributed by atoms with Crippen LogP contribution in [0.4, 0.5) is 11.4 Å². The molecule has 1 amide bonds. The summed E-state index contributed by atoms with van der Waals surface area (Å²) < 4.78 is 7.64. The van der Waals surface area contributed by atoms with E-state index in [1.807, 2.05) is 25.1 Å². The number of anilines is 2. The fourth-order valence-electron chi connectivity index (χ4n) is 5.75. The highest BCUT2D eigenvalue weighted by atomic mass is 32.2. The number of aromatic nitrogens is 1. The molecule has 3 heterocycles. The zero-order chi connectivity index (χ0) is 26.4. The first-order chi connectivity index (χ1) is 18.5. The van der Waals surface area contributed by atoms with E-state index in [1.54, 1.807) is 0 Å². The SMILES string of the molecule is CCN1C(=O)/C(=c2\s/c(=C/c3ccc4c(c3)C3CCCC3N4c3ccccc3)c(=O)n2COC=O)SC1=S. The number of carbonyl (C=O) groups is 2. The van der Waals surface area contributed by atoms with Gasteiger partial charge in [0.2, 0.25) is 0 Å². The summed E-state index contributed by atoms with van der Waals surface area (Å²) in [4.78, 5) is 41.6. The van der Waals surface area contributed by atoms with Crippen LogP contribution < -0.4 is 19.7 Å². The van der Waals surface area contributed by atoms with Crippen molar-refractivity contribution in [3.8, 4) is 0 Å². The molecule has 1 aliphatic carbocycles. The fraction of sp³-hybridized carbons (Fsp3) is 0.286. The molecule has 38 heavy (non-hydrogen) atoms. The van der Waals surface area contributed by atoms with Gasteiger partial charge in [-0.2, -0.15) is 0 Å². The average Bonchev–Trinajstić information content (AvgIpc) is 3.66. The van der Waals surface area contributed by atoms with Crippen LogP contribution in [-0.2, 0) is 21.1 Å². The first kappa shape index (κ1) is 25.1. The highest BCUT2D eigenvalue weighted by molar-refractivity contribution is 8.30. The van der Waals surface area contributed by atoms with Crippen LogP contribution in [0, 0.1) is 0 Å². The number of carbonyl (C=O) groups excluding carboxylic acids is 2. The topological polar surface area (TPSA) is 71.8 Å². The number of thioether (sulfide) groups is 1. The summed E-state index contributed by atoms with van der Waals surface area (Å²) in [6.07, 6.45) is 5.37. The van der Waals surface area contributed by atoms with Crippen molar-refractivity contribution in [2.45, 2.75) is 44.9 Å². The van der Waals surface area contributed by atoms with E-state index in [1.165, 1.54) is 55.9 Å². The van der Waals surface area contributed by atoms with Gasteiger partial charge < -0.3 is 9.64 Å². The number of nitrogens with zero attached hydrogens (tertiary/aromatic N) is 3. The van der Waals surface area contributed by atoms with Crippen molar-refractivity contribution in [3.63, 3.8) is 0 Å². The van der Waals surface area contributed by atoms with E-state index in [9.17, 15) is 14.4 Å². The van der Waals surface area contributed by atoms with Crippen molar-refractivity contribution in [2.24, 2.45) is 0 Å². The van der Waals surface area contributed by atoms with Crippen molar-refractivity contribution >= 4 is 74.4 Å². The maximum Gasteiger partial charge on any atom is 0.294 e. The second kappa shape index (κ2) is 10.2. The maximum atomic E-state index is 13.4. The number of hydrogen-bond donors (Lipinski definition) is 0. The molecule has 0 radical (unpaired) electrons. The van der Waals surface area contributed by atoms with Crippen LogP contribution in [0.1, 0.15) is 43.2 Å². The Morgan fingerprint density at radius 1 is 1.13 bits per heavy atom. The molecule has 6 rings (SSSR count). The Balaban J connectivity index is 1.46. The minimum atomic E-state index is -0.307. The highest BCUT2D eigenvalue weighted by Crippen LogP contribution is 2.52. The van der Waals surface area contributed by atoms with E-state index in [2.05, 4.69) is 41.3 Å². The third kappa shape index (κ3) is 4.11. The molecule has 0 spiro atoms. The zero-order valence-electron chi connectivity index (χ0n) is 20.7. The maximum absolute atomic E-state index is 13.4. The van der Waals surface area contributed by atoms with Gasteiger partial charge in [-0.15, -0.1) is 11.3 Å². The lowest BCUT2D eigenvalue weighted by molar-refractivity contribution is -0.132. The minimum absolute atomic E-state index is 0.235. The van der Waals surface area contributed by atoms with E-state index in [0.29, 0.717) is 43.4 Å². The molecule has 0 bridgehead atoms. The normalized spacial score (nSPS) is 22.3. The number of para-hydroxylation sites is 1. The number of thiocarbonyl (C=S) groups is 1. The molecule has 3 aromatic rings. The lowest BCUT2D eigenvalue weighted by Crippen LogP contribution is -2.34. The molecule has 2 unspecified atom stereocenters. The van der Waals surface area contributed by atoms with Crippen LogP contribution in [0.25, 0.3) is 11.0 Å². The Bertz CT molecular complexity index is 1630. The smallest absolute Gasteiger partial charge is 0.294 e. The molecule has 7 nitrogen and oxygen atoms in total. The van der Waals surface area contributed by atoms with Gasteiger partial charge >= 0.3 is 0 Å². The van der Waals surface area contributed by atoms with Gasteiger partial charge in [-0.25, -0.2) is 0 Å². The Kier molecular flexibility index (Phi) is 6.71. The van der Waals surface area contributed by atoms with Crippen LogP contribution in [0.3, 0.4) is 0 Å². The van der Waals surface area contributed by atoms with Gasteiger partial charge in [-0.1, -0.05) is 54.7 Å². The fourth-order valence-corrected chi connectivity index (χ4v) is 8.38. The molecule has 10 heteroatoms. The molecular formula is C28H25N3O4S3. The standard InChI is InChI=1S/C28H25N3O4S3/c1-2-29-26(34)24(38-28(29)36)27-30(15-35-16-32)25(33)23(37-27)14-17-11-12-22-20(13-17)19-9-6-10-21(19)31(22)18-7-4-3-5-8-18/h3-5,7-8,11-14,16,19,21H,2,6,9-10,15H2,1H3/b23-14+,27-24+. The number of thiazole rings is 1. The van der Waals surface area contributed by atoms with E-state index < -0.39 is 0 Å². The second-order valence-electron chi connectivity index (χ2n) is 9.42. The largest absolute Gasteiger partial charge is 0.446 e. The van der Waals surface area contributed by atoms with E-state index in [4.69, 9.17) is 17.0 Å². The van der Waals surface area contributed by atoms with Gasteiger partial charge in [-0.3, -0.25) is 23.9 Å². The third-order valence-corrected chi connectivity index (χ3v) is 10.1. The summed E-state index contributed by atoms with van der Waals surface area (Å²) in [5.74, 6) is 0.222. The Labute approximate surface area is 233 Å². The van der Waals surface area contributed by atoms with Gasteiger partial charge in [0.05, 0.1) is 4.53 Å². The summed E-state index contributed by atoms with van der Waals surface area (Å²) in [5, 5.41) is 0. The summed E-state index contributed by atoms with van der Waals surface area (Å²) in [6, 6.07) is 17.3. The molecule has 1 aromatic heterocycles. The van der Waals surface area contributed by atoms with Gasteiger partial charge in [0.1, 0.15) is 13.9 Å². The molecule has 0 N–H and O–H groups in total. The van der Waals surface area contributed by atoms with Crippen LogP contribution >= 0.6 is 35.3 Å².